The number of hydrogen-bond acceptors (Lipinski definition) is 3. The zero-order chi connectivity index (χ0) is 25.8. The third-order valence-electron chi connectivity index (χ3n) is 13.5. The van der Waals surface area contributed by atoms with Crippen LogP contribution in [0.25, 0.3) is 0 Å². The number of hydroxylamine groups is 2. The molecule has 196 valence electrons. The highest BCUT2D eigenvalue weighted by molar-refractivity contribution is 5.85. The van der Waals surface area contributed by atoms with Crippen LogP contribution in [-0.4, -0.2) is 29.0 Å². The van der Waals surface area contributed by atoms with Gasteiger partial charge in [-0.05, 0) is 97.2 Å². The van der Waals surface area contributed by atoms with Crippen LogP contribution in [0.5, 0.6) is 0 Å². The highest BCUT2D eigenvalue weighted by Crippen LogP contribution is 2.75. The predicted molar refractivity (Wildman–Crippen MR) is 139 cm³/mol. The van der Waals surface area contributed by atoms with E-state index in [4.69, 9.17) is 0 Å². The van der Waals surface area contributed by atoms with Crippen molar-refractivity contribution in [1.29, 1.82) is 0 Å². The fourth-order valence-corrected chi connectivity index (χ4v) is 11.0. The number of carbonyl (C=O) groups is 2. The number of amides is 1. The number of ketones is 1. The molecular weight excluding hydrogens is 434 g/mol. The van der Waals surface area contributed by atoms with Crippen molar-refractivity contribution in [2.45, 2.75) is 106 Å². The summed E-state index contributed by atoms with van der Waals surface area (Å²) in [5.41, 5.74) is 1.24. The van der Waals surface area contributed by atoms with Crippen molar-refractivity contribution in [3.8, 4) is 0 Å². The maximum atomic E-state index is 13.6. The Morgan fingerprint density at radius 1 is 0.971 bits per heavy atom. The number of carbonyl (C=O) groups excluding carboxylic acids is 2. The summed E-state index contributed by atoms with van der Waals surface area (Å²) in [5, 5.41) is 11.2. The van der Waals surface area contributed by atoms with Crippen LogP contribution >= 0.6 is 0 Å². The summed E-state index contributed by atoms with van der Waals surface area (Å²) in [6.45, 7) is 16.7. The van der Waals surface area contributed by atoms with Gasteiger partial charge in [-0.2, -0.15) is 0 Å². The first kappa shape index (κ1) is 25.5. The Hall–Kier alpha value is -1.16. The minimum atomic E-state index is -0.468. The summed E-state index contributed by atoms with van der Waals surface area (Å²) in [7, 11) is 1.52. The van der Waals surface area contributed by atoms with Crippen molar-refractivity contribution in [2.75, 3.05) is 7.05 Å². The van der Waals surface area contributed by atoms with Crippen LogP contribution in [0, 0.1) is 56.7 Å². The van der Waals surface area contributed by atoms with Gasteiger partial charge in [0, 0.05) is 18.9 Å². The van der Waals surface area contributed by atoms with Crippen LogP contribution in [0.1, 0.15) is 106 Å². The first-order chi connectivity index (χ1) is 16.2. The van der Waals surface area contributed by atoms with Gasteiger partial charge >= 0.3 is 0 Å². The van der Waals surface area contributed by atoms with E-state index in [9.17, 15) is 14.8 Å². The Morgan fingerprint density at radius 3 is 2.31 bits per heavy atom. The van der Waals surface area contributed by atoms with Gasteiger partial charge in [0.15, 0.2) is 0 Å². The molecule has 5 aliphatic rings. The summed E-state index contributed by atoms with van der Waals surface area (Å²) in [6, 6.07) is 0. The maximum Gasteiger partial charge on any atom is 0.252 e. The molecule has 5 aliphatic carbocycles. The number of Topliss-reactive ketones (excluding diaryl/α,β-unsaturated/α-hetero) is 1. The van der Waals surface area contributed by atoms with Gasteiger partial charge in [-0.15, -0.1) is 0 Å². The highest BCUT2D eigenvalue weighted by atomic mass is 16.5. The molecule has 5 rings (SSSR count). The van der Waals surface area contributed by atoms with E-state index in [1.54, 1.807) is 0 Å². The Kier molecular flexibility index (Phi) is 5.59. The molecule has 0 bridgehead atoms. The molecule has 0 radical (unpaired) electrons. The standard InChI is InChI=1S/C31H49NO3/c1-19-11-16-31(26(34)32(8)35)18-17-29(6)21(25(31)20(19)2)9-10-23-28(5)14-13-24(33)27(3,4)22(28)12-15-30(23,29)7/h9,19-20,22-23,25,35H,10-18H2,1-8H3/t19-,20+,22+,23-,25+,28+,29-,30-,31+/m1/s1. The van der Waals surface area contributed by atoms with E-state index in [2.05, 4.69) is 54.5 Å². The average Bonchev–Trinajstić information content (AvgIpc) is 2.79. The summed E-state index contributed by atoms with van der Waals surface area (Å²) in [6.07, 6.45) is 11.5. The van der Waals surface area contributed by atoms with Crippen LogP contribution < -0.4 is 0 Å². The molecule has 0 heterocycles. The van der Waals surface area contributed by atoms with Crippen molar-refractivity contribution in [3.05, 3.63) is 11.6 Å². The first-order valence-corrected chi connectivity index (χ1v) is 14.4. The van der Waals surface area contributed by atoms with E-state index in [1.807, 2.05) is 0 Å². The lowest BCUT2D eigenvalue weighted by molar-refractivity contribution is -0.198. The lowest BCUT2D eigenvalue weighted by Gasteiger charge is -2.71. The Labute approximate surface area is 213 Å². The van der Waals surface area contributed by atoms with E-state index < -0.39 is 5.41 Å². The fourth-order valence-electron chi connectivity index (χ4n) is 11.0. The van der Waals surface area contributed by atoms with Gasteiger partial charge in [0.05, 0.1) is 5.41 Å². The molecule has 4 saturated carbocycles. The minimum absolute atomic E-state index is 0.0588. The SMILES string of the molecule is C[C@H]1[C@H](C)CC[C@]2(C(=O)N(C)O)CC[C@]3(C)C(=CC[C@@H]4[C@@]5(C)CCC(=O)C(C)(C)[C@@H]5CC[C@]43C)[C@H]12. The van der Waals surface area contributed by atoms with Crippen molar-refractivity contribution < 1.29 is 14.8 Å². The number of nitrogens with zero attached hydrogens (tertiary/aromatic N) is 1. The number of allylic oxidation sites excluding steroid dienone is 2. The zero-order valence-electron chi connectivity index (χ0n) is 23.5. The molecule has 0 aromatic rings. The van der Waals surface area contributed by atoms with Crippen molar-refractivity contribution in [1.82, 2.24) is 5.06 Å². The number of hydrogen-bond donors (Lipinski definition) is 1. The van der Waals surface area contributed by atoms with E-state index in [1.165, 1.54) is 19.0 Å². The van der Waals surface area contributed by atoms with Gasteiger partial charge in [-0.3, -0.25) is 14.8 Å². The Morgan fingerprint density at radius 2 is 1.66 bits per heavy atom. The molecule has 35 heavy (non-hydrogen) atoms. The van der Waals surface area contributed by atoms with Crippen LogP contribution in [0.4, 0.5) is 0 Å². The van der Waals surface area contributed by atoms with Gasteiger partial charge in [-0.1, -0.05) is 60.1 Å². The van der Waals surface area contributed by atoms with E-state index >= 15 is 0 Å². The summed E-state index contributed by atoms with van der Waals surface area (Å²) in [5.74, 6) is 2.62. The topological polar surface area (TPSA) is 57.6 Å². The largest absolute Gasteiger partial charge is 0.299 e. The van der Waals surface area contributed by atoms with Crippen LogP contribution in [-0.2, 0) is 9.59 Å². The molecule has 1 N–H and O–H groups in total. The van der Waals surface area contributed by atoms with Crippen LogP contribution in [0.3, 0.4) is 0 Å². The lowest BCUT2D eigenvalue weighted by Crippen LogP contribution is -2.65. The lowest BCUT2D eigenvalue weighted by atomic mass is 9.33. The molecule has 0 unspecified atom stereocenters. The van der Waals surface area contributed by atoms with Gasteiger partial charge in [0.2, 0.25) is 0 Å². The second-order valence-electron chi connectivity index (χ2n) is 14.8. The molecule has 0 saturated heterocycles. The average molecular weight is 484 g/mol. The molecule has 9 atom stereocenters. The van der Waals surface area contributed by atoms with Crippen molar-refractivity contribution in [3.63, 3.8) is 0 Å². The second-order valence-corrected chi connectivity index (χ2v) is 14.8. The van der Waals surface area contributed by atoms with E-state index in [-0.39, 0.29) is 33.5 Å². The smallest absolute Gasteiger partial charge is 0.252 e. The summed E-state index contributed by atoms with van der Waals surface area (Å²) < 4.78 is 0. The Balaban J connectivity index is 1.62. The monoisotopic (exact) mass is 483 g/mol. The molecule has 0 spiro atoms. The third-order valence-corrected chi connectivity index (χ3v) is 13.5. The molecule has 1 amide bonds. The minimum Gasteiger partial charge on any atom is -0.299 e. The zero-order valence-corrected chi connectivity index (χ0v) is 23.5. The molecule has 4 fully saturated rings. The fraction of sp³-hybridized carbons (Fsp3) is 0.871. The van der Waals surface area contributed by atoms with Gasteiger partial charge in [0.25, 0.3) is 5.91 Å². The summed E-state index contributed by atoms with van der Waals surface area (Å²) in [4.78, 5) is 26.6. The van der Waals surface area contributed by atoms with Gasteiger partial charge in [0.1, 0.15) is 5.78 Å². The Bertz CT molecular complexity index is 966. The van der Waals surface area contributed by atoms with Crippen LogP contribution in [0.15, 0.2) is 11.6 Å². The maximum absolute atomic E-state index is 13.6. The van der Waals surface area contributed by atoms with E-state index in [0.717, 1.165) is 56.4 Å². The molecule has 0 aromatic carbocycles. The molecule has 0 aliphatic heterocycles. The van der Waals surface area contributed by atoms with Crippen molar-refractivity contribution in [2.24, 2.45) is 56.7 Å². The highest BCUT2D eigenvalue weighted by Gasteiger charge is 2.69. The van der Waals surface area contributed by atoms with Gasteiger partial charge < -0.3 is 0 Å². The van der Waals surface area contributed by atoms with Crippen LogP contribution in [0.2, 0.25) is 0 Å². The van der Waals surface area contributed by atoms with Crippen molar-refractivity contribution >= 4 is 11.7 Å². The number of fused-ring (bicyclic) bond motifs is 7. The quantitative estimate of drug-likeness (QED) is 0.247. The first-order valence-electron chi connectivity index (χ1n) is 14.4. The van der Waals surface area contributed by atoms with E-state index in [0.29, 0.717) is 29.5 Å². The number of rotatable bonds is 1. The predicted octanol–water partition coefficient (Wildman–Crippen LogP) is 7.06. The molecule has 4 nitrogen and oxygen atoms in total. The third kappa shape index (κ3) is 3.01. The second kappa shape index (κ2) is 7.68. The normalized spacial score (nSPS) is 50.7. The molecule has 0 aromatic heterocycles. The van der Waals surface area contributed by atoms with Gasteiger partial charge in [-0.25, -0.2) is 5.06 Å². The molecular formula is C31H49NO3. The summed E-state index contributed by atoms with van der Waals surface area (Å²) >= 11 is 0. The molecule has 4 heteroatoms.